The molecular formula is C15H17BrN4. The molecule has 0 fully saturated rings. The number of likely N-dealkylation sites (N-methyl/N-ethyl adjacent to an activating group) is 1. The highest BCUT2D eigenvalue weighted by molar-refractivity contribution is 9.10. The summed E-state index contributed by atoms with van der Waals surface area (Å²) in [6, 6.07) is 11.8. The molecule has 0 aliphatic carbocycles. The Morgan fingerprint density at radius 2 is 2.15 bits per heavy atom. The Morgan fingerprint density at radius 3 is 2.75 bits per heavy atom. The fourth-order valence-electron chi connectivity index (χ4n) is 1.92. The van der Waals surface area contributed by atoms with E-state index in [1.807, 2.05) is 49.6 Å². The molecule has 0 spiro atoms. The molecule has 0 unspecified atom stereocenters. The van der Waals surface area contributed by atoms with E-state index in [9.17, 15) is 0 Å². The predicted octanol–water partition coefficient (Wildman–Crippen LogP) is 2.81. The first-order valence-corrected chi connectivity index (χ1v) is 7.12. The number of nitrogens with zero attached hydrogens (tertiary/aromatic N) is 2. The van der Waals surface area contributed by atoms with Crippen LogP contribution >= 0.6 is 15.9 Å². The predicted molar refractivity (Wildman–Crippen MR) is 86.4 cm³/mol. The van der Waals surface area contributed by atoms with E-state index >= 15 is 0 Å². The Kier molecular flexibility index (Phi) is 4.74. The van der Waals surface area contributed by atoms with E-state index in [0.29, 0.717) is 5.56 Å². The molecule has 0 atom stereocenters. The van der Waals surface area contributed by atoms with Crippen LogP contribution in [0.5, 0.6) is 0 Å². The lowest BCUT2D eigenvalue weighted by Gasteiger charge is -2.20. The number of aromatic nitrogens is 1. The van der Waals surface area contributed by atoms with Crippen LogP contribution < -0.4 is 10.6 Å². The average Bonchev–Trinajstić information content (AvgIpc) is 2.45. The third-order valence-electron chi connectivity index (χ3n) is 3.11. The van der Waals surface area contributed by atoms with Gasteiger partial charge >= 0.3 is 0 Å². The first kappa shape index (κ1) is 14.5. The number of nitrogen functional groups attached to an aromatic ring is 1. The zero-order valence-electron chi connectivity index (χ0n) is 11.3. The van der Waals surface area contributed by atoms with Crippen LogP contribution in [0.1, 0.15) is 11.3 Å². The van der Waals surface area contributed by atoms with Crippen molar-refractivity contribution in [3.63, 3.8) is 0 Å². The van der Waals surface area contributed by atoms with Crippen LogP contribution in [0.4, 0.5) is 5.69 Å². The molecule has 0 amide bonds. The molecule has 1 heterocycles. The van der Waals surface area contributed by atoms with Gasteiger partial charge in [-0.25, -0.2) is 0 Å². The van der Waals surface area contributed by atoms with Crippen molar-refractivity contribution in [2.24, 2.45) is 5.73 Å². The molecule has 0 saturated heterocycles. The van der Waals surface area contributed by atoms with E-state index in [1.165, 1.54) is 0 Å². The third-order valence-corrected chi connectivity index (χ3v) is 3.77. The molecule has 3 N–H and O–H groups in total. The van der Waals surface area contributed by atoms with Crippen LogP contribution in [0.25, 0.3) is 0 Å². The summed E-state index contributed by atoms with van der Waals surface area (Å²) in [5, 5.41) is 7.47. The van der Waals surface area contributed by atoms with Gasteiger partial charge in [0, 0.05) is 47.6 Å². The largest absolute Gasteiger partial charge is 0.384 e. The fourth-order valence-corrected chi connectivity index (χ4v) is 2.50. The van der Waals surface area contributed by atoms with Gasteiger partial charge in [0.05, 0.1) is 0 Å². The Hall–Kier alpha value is -1.88. The number of nitrogens with one attached hydrogen (secondary N) is 1. The Labute approximate surface area is 127 Å². The van der Waals surface area contributed by atoms with Crippen LogP contribution in [-0.4, -0.2) is 24.4 Å². The topological polar surface area (TPSA) is 66.0 Å². The number of pyridine rings is 1. The first-order chi connectivity index (χ1) is 9.58. The van der Waals surface area contributed by atoms with Crippen molar-refractivity contribution in [3.05, 3.63) is 58.3 Å². The highest BCUT2D eigenvalue weighted by Crippen LogP contribution is 2.23. The maximum Gasteiger partial charge on any atom is 0.123 e. The zero-order chi connectivity index (χ0) is 14.5. The first-order valence-electron chi connectivity index (χ1n) is 6.33. The Balaban J connectivity index is 2.04. The number of amidine groups is 1. The van der Waals surface area contributed by atoms with E-state index in [1.54, 1.807) is 0 Å². The molecule has 1 aromatic heterocycles. The summed E-state index contributed by atoms with van der Waals surface area (Å²) in [5.74, 6) is 0.0690. The number of benzene rings is 1. The van der Waals surface area contributed by atoms with Gasteiger partial charge in [-0.1, -0.05) is 6.07 Å². The molecule has 0 saturated carbocycles. The van der Waals surface area contributed by atoms with Crippen molar-refractivity contribution in [2.45, 2.75) is 6.42 Å². The lowest BCUT2D eigenvalue weighted by Crippen LogP contribution is -2.21. The molecule has 4 nitrogen and oxygen atoms in total. The highest BCUT2D eigenvalue weighted by Gasteiger charge is 2.07. The van der Waals surface area contributed by atoms with Crippen molar-refractivity contribution >= 4 is 27.5 Å². The highest BCUT2D eigenvalue weighted by atomic mass is 79.9. The van der Waals surface area contributed by atoms with E-state index in [-0.39, 0.29) is 5.84 Å². The lowest BCUT2D eigenvalue weighted by atomic mass is 10.1. The van der Waals surface area contributed by atoms with E-state index in [4.69, 9.17) is 11.1 Å². The van der Waals surface area contributed by atoms with Gasteiger partial charge in [0.2, 0.25) is 0 Å². The molecule has 0 aliphatic rings. The molecule has 104 valence electrons. The monoisotopic (exact) mass is 332 g/mol. The molecule has 1 aromatic carbocycles. The number of halogens is 1. The van der Waals surface area contributed by atoms with Crippen molar-refractivity contribution in [1.82, 2.24) is 4.98 Å². The van der Waals surface area contributed by atoms with Gasteiger partial charge in [-0.2, -0.15) is 0 Å². The minimum absolute atomic E-state index is 0.0690. The van der Waals surface area contributed by atoms with Gasteiger partial charge < -0.3 is 10.6 Å². The number of anilines is 1. The van der Waals surface area contributed by atoms with E-state index in [0.717, 1.165) is 28.8 Å². The lowest BCUT2D eigenvalue weighted by molar-refractivity contribution is 0.852. The molecule has 20 heavy (non-hydrogen) atoms. The Bertz CT molecular complexity index is 598. The maximum atomic E-state index is 7.47. The second kappa shape index (κ2) is 6.52. The molecule has 0 bridgehead atoms. The molecule has 0 aliphatic heterocycles. The number of hydrogen-bond donors (Lipinski definition) is 2. The van der Waals surface area contributed by atoms with Gasteiger partial charge in [-0.05, 0) is 46.3 Å². The van der Waals surface area contributed by atoms with Crippen molar-refractivity contribution < 1.29 is 0 Å². The van der Waals surface area contributed by atoms with Gasteiger partial charge in [0.25, 0.3) is 0 Å². The minimum atomic E-state index is 0.0690. The van der Waals surface area contributed by atoms with Crippen LogP contribution in [0.2, 0.25) is 0 Å². The molecule has 5 heteroatoms. The van der Waals surface area contributed by atoms with Crippen LogP contribution in [-0.2, 0) is 6.42 Å². The second-order valence-corrected chi connectivity index (χ2v) is 5.42. The summed E-state index contributed by atoms with van der Waals surface area (Å²) in [6.45, 7) is 0.878. The fraction of sp³-hybridized carbons (Fsp3) is 0.200. The maximum absolute atomic E-state index is 7.47. The van der Waals surface area contributed by atoms with Crippen LogP contribution in [0.3, 0.4) is 0 Å². The molecule has 2 rings (SSSR count). The summed E-state index contributed by atoms with van der Waals surface area (Å²) in [6.07, 6.45) is 2.71. The normalized spacial score (nSPS) is 10.3. The van der Waals surface area contributed by atoms with Crippen LogP contribution in [0.15, 0.2) is 47.1 Å². The SMILES string of the molecule is CN(CCc1ccccn1)c1ccc(C(=N)N)c(Br)c1. The molecule has 2 aromatic rings. The molecular weight excluding hydrogens is 316 g/mol. The standard InChI is InChI=1S/C15H17BrN4/c1-20(9-7-11-4-2-3-8-19-11)12-5-6-13(15(17)18)14(16)10-12/h2-6,8,10H,7,9H2,1H3,(H3,17,18). The van der Waals surface area contributed by atoms with Gasteiger partial charge in [-0.15, -0.1) is 0 Å². The van der Waals surface area contributed by atoms with E-state index in [2.05, 4.69) is 25.8 Å². The number of rotatable bonds is 5. The average molecular weight is 333 g/mol. The smallest absolute Gasteiger partial charge is 0.123 e. The third kappa shape index (κ3) is 3.57. The number of hydrogen-bond acceptors (Lipinski definition) is 3. The van der Waals surface area contributed by atoms with Crippen LogP contribution in [0, 0.1) is 5.41 Å². The Morgan fingerprint density at radius 1 is 1.35 bits per heavy atom. The summed E-state index contributed by atoms with van der Waals surface area (Å²) < 4.78 is 0.840. The second-order valence-electron chi connectivity index (χ2n) is 4.57. The van der Waals surface area contributed by atoms with Gasteiger partial charge in [-0.3, -0.25) is 10.4 Å². The van der Waals surface area contributed by atoms with Gasteiger partial charge in [0.15, 0.2) is 0 Å². The zero-order valence-corrected chi connectivity index (χ0v) is 12.9. The number of nitrogens with two attached hydrogens (primary N) is 1. The quantitative estimate of drug-likeness (QED) is 0.653. The summed E-state index contributed by atoms with van der Waals surface area (Å²) in [5.41, 5.74) is 8.39. The summed E-state index contributed by atoms with van der Waals surface area (Å²) in [4.78, 5) is 6.47. The summed E-state index contributed by atoms with van der Waals surface area (Å²) >= 11 is 3.45. The van der Waals surface area contributed by atoms with Crippen molar-refractivity contribution in [3.8, 4) is 0 Å². The van der Waals surface area contributed by atoms with Crippen molar-refractivity contribution in [1.29, 1.82) is 5.41 Å². The summed E-state index contributed by atoms with van der Waals surface area (Å²) in [7, 11) is 2.04. The van der Waals surface area contributed by atoms with Crippen molar-refractivity contribution in [2.75, 3.05) is 18.5 Å². The molecule has 0 radical (unpaired) electrons. The van der Waals surface area contributed by atoms with E-state index < -0.39 is 0 Å². The minimum Gasteiger partial charge on any atom is -0.384 e. The van der Waals surface area contributed by atoms with Gasteiger partial charge in [0.1, 0.15) is 5.84 Å².